The van der Waals surface area contributed by atoms with Crippen LogP contribution in [0.3, 0.4) is 0 Å². The number of halogens is 1. The first kappa shape index (κ1) is 21.7. The van der Waals surface area contributed by atoms with E-state index in [1.54, 1.807) is 6.92 Å². The Morgan fingerprint density at radius 1 is 1.18 bits per heavy atom. The summed E-state index contributed by atoms with van der Waals surface area (Å²) in [6.07, 6.45) is 1.14. The standard InChI is InChI=1S/C20H25FN2O4S/c1-4-18(23(28(3,25)26)19-8-6-5-7-17(19)21)20(24)22-13-14-27-16-11-9-15(2)10-12-16/h5-12,18H,4,13-14H2,1-3H3,(H,22,24)/t18-/m0/s1. The molecule has 1 amide bonds. The summed E-state index contributed by atoms with van der Waals surface area (Å²) < 4.78 is 45.1. The number of anilines is 1. The number of rotatable bonds is 9. The molecule has 2 rings (SSSR count). The van der Waals surface area contributed by atoms with E-state index in [4.69, 9.17) is 4.74 Å². The van der Waals surface area contributed by atoms with Crippen LogP contribution in [0.4, 0.5) is 10.1 Å². The molecule has 0 saturated carbocycles. The average molecular weight is 408 g/mol. The third-order valence-corrected chi connectivity index (χ3v) is 5.28. The molecule has 28 heavy (non-hydrogen) atoms. The Kier molecular flexibility index (Phi) is 7.39. The molecule has 0 aliphatic carbocycles. The second-order valence-electron chi connectivity index (χ2n) is 6.39. The van der Waals surface area contributed by atoms with Gasteiger partial charge in [0.2, 0.25) is 15.9 Å². The molecule has 0 aliphatic rings. The Morgan fingerprint density at radius 3 is 2.39 bits per heavy atom. The topological polar surface area (TPSA) is 75.7 Å². The van der Waals surface area contributed by atoms with Gasteiger partial charge in [-0.25, -0.2) is 12.8 Å². The molecule has 0 aromatic heterocycles. The highest BCUT2D eigenvalue weighted by atomic mass is 32.2. The van der Waals surface area contributed by atoms with Crippen LogP contribution < -0.4 is 14.4 Å². The van der Waals surface area contributed by atoms with Crippen molar-refractivity contribution >= 4 is 21.6 Å². The van der Waals surface area contributed by atoms with Gasteiger partial charge in [-0.15, -0.1) is 0 Å². The average Bonchev–Trinajstić information content (AvgIpc) is 2.64. The first-order valence-electron chi connectivity index (χ1n) is 8.95. The molecular weight excluding hydrogens is 383 g/mol. The fourth-order valence-corrected chi connectivity index (χ4v) is 3.97. The van der Waals surface area contributed by atoms with E-state index in [0.29, 0.717) is 5.75 Å². The number of carbonyl (C=O) groups excluding carboxylic acids is 1. The third kappa shape index (κ3) is 5.69. The number of hydrogen-bond acceptors (Lipinski definition) is 4. The van der Waals surface area contributed by atoms with E-state index in [1.807, 2.05) is 31.2 Å². The van der Waals surface area contributed by atoms with Crippen molar-refractivity contribution in [2.45, 2.75) is 26.3 Å². The maximum atomic E-state index is 14.2. The highest BCUT2D eigenvalue weighted by molar-refractivity contribution is 7.92. The summed E-state index contributed by atoms with van der Waals surface area (Å²) in [5.74, 6) is -0.540. The molecule has 0 heterocycles. The number of benzene rings is 2. The van der Waals surface area contributed by atoms with Gasteiger partial charge in [-0.2, -0.15) is 0 Å². The van der Waals surface area contributed by atoms with Gasteiger partial charge >= 0.3 is 0 Å². The van der Waals surface area contributed by atoms with E-state index in [-0.39, 0.29) is 25.3 Å². The van der Waals surface area contributed by atoms with Crippen molar-refractivity contribution in [1.29, 1.82) is 0 Å². The molecule has 2 aromatic rings. The number of amides is 1. The van der Waals surface area contributed by atoms with Crippen LogP contribution in [0, 0.1) is 12.7 Å². The maximum Gasteiger partial charge on any atom is 0.244 e. The number of nitrogens with one attached hydrogen (secondary N) is 1. The van der Waals surface area contributed by atoms with E-state index < -0.39 is 27.8 Å². The first-order chi connectivity index (χ1) is 13.2. The van der Waals surface area contributed by atoms with Gasteiger partial charge in [0.15, 0.2) is 0 Å². The van der Waals surface area contributed by atoms with Crippen LogP contribution in [0.25, 0.3) is 0 Å². The second-order valence-corrected chi connectivity index (χ2v) is 8.25. The fraction of sp³-hybridized carbons (Fsp3) is 0.350. The number of hydrogen-bond donors (Lipinski definition) is 1. The van der Waals surface area contributed by atoms with Crippen LogP contribution in [0.5, 0.6) is 5.75 Å². The minimum Gasteiger partial charge on any atom is -0.492 e. The molecule has 6 nitrogen and oxygen atoms in total. The van der Waals surface area contributed by atoms with Gasteiger partial charge in [0.25, 0.3) is 0 Å². The molecule has 2 aromatic carbocycles. The molecule has 0 bridgehead atoms. The van der Waals surface area contributed by atoms with Gasteiger partial charge in [-0.3, -0.25) is 9.10 Å². The van der Waals surface area contributed by atoms with Gasteiger partial charge in [0.05, 0.1) is 18.5 Å². The number of ether oxygens (including phenoxy) is 1. The fourth-order valence-electron chi connectivity index (χ4n) is 2.76. The van der Waals surface area contributed by atoms with Crippen LogP contribution in [0.2, 0.25) is 0 Å². The maximum absolute atomic E-state index is 14.2. The van der Waals surface area contributed by atoms with E-state index in [1.165, 1.54) is 18.2 Å². The molecule has 8 heteroatoms. The van der Waals surface area contributed by atoms with E-state index in [0.717, 1.165) is 22.2 Å². The van der Waals surface area contributed by atoms with Crippen LogP contribution >= 0.6 is 0 Å². The van der Waals surface area contributed by atoms with Gasteiger partial charge < -0.3 is 10.1 Å². The zero-order valence-electron chi connectivity index (χ0n) is 16.2. The predicted octanol–water partition coefficient (Wildman–Crippen LogP) is 2.87. The Labute approximate surface area is 165 Å². The summed E-state index contributed by atoms with van der Waals surface area (Å²) in [6.45, 7) is 4.06. The Bertz CT molecular complexity index is 901. The van der Waals surface area contributed by atoms with Crippen molar-refractivity contribution in [2.75, 3.05) is 23.7 Å². The highest BCUT2D eigenvalue weighted by Gasteiger charge is 2.32. The van der Waals surface area contributed by atoms with Crippen molar-refractivity contribution in [2.24, 2.45) is 0 Å². The van der Waals surface area contributed by atoms with Gasteiger partial charge in [-0.05, 0) is 37.6 Å². The number of para-hydroxylation sites is 1. The van der Waals surface area contributed by atoms with Gasteiger partial charge in [0.1, 0.15) is 24.2 Å². The van der Waals surface area contributed by atoms with E-state index >= 15 is 0 Å². The molecule has 0 spiro atoms. The summed E-state index contributed by atoms with van der Waals surface area (Å²) in [5, 5.41) is 2.66. The van der Waals surface area contributed by atoms with Crippen LogP contribution in [-0.2, 0) is 14.8 Å². The molecule has 0 radical (unpaired) electrons. The molecule has 1 N–H and O–H groups in total. The molecular formula is C20H25FN2O4S. The van der Waals surface area contributed by atoms with Crippen molar-refractivity contribution in [3.63, 3.8) is 0 Å². The monoisotopic (exact) mass is 408 g/mol. The summed E-state index contributed by atoms with van der Waals surface area (Å²) in [5.41, 5.74) is 0.961. The highest BCUT2D eigenvalue weighted by Crippen LogP contribution is 2.25. The van der Waals surface area contributed by atoms with Crippen LogP contribution in [0.1, 0.15) is 18.9 Å². The lowest BCUT2D eigenvalue weighted by Gasteiger charge is -2.30. The van der Waals surface area contributed by atoms with Crippen molar-refractivity contribution in [3.8, 4) is 5.75 Å². The van der Waals surface area contributed by atoms with E-state index in [2.05, 4.69) is 5.32 Å². The van der Waals surface area contributed by atoms with Crippen molar-refractivity contribution in [3.05, 3.63) is 59.9 Å². The molecule has 0 aliphatic heterocycles. The van der Waals surface area contributed by atoms with Crippen molar-refractivity contribution in [1.82, 2.24) is 5.32 Å². The second kappa shape index (κ2) is 9.54. The Hall–Kier alpha value is -2.61. The summed E-state index contributed by atoms with van der Waals surface area (Å²) >= 11 is 0. The lowest BCUT2D eigenvalue weighted by molar-refractivity contribution is -0.122. The number of carbonyl (C=O) groups is 1. The van der Waals surface area contributed by atoms with Gasteiger partial charge in [-0.1, -0.05) is 36.8 Å². The largest absolute Gasteiger partial charge is 0.492 e. The minimum atomic E-state index is -3.87. The Morgan fingerprint density at radius 2 is 1.82 bits per heavy atom. The molecule has 0 saturated heterocycles. The third-order valence-electron chi connectivity index (χ3n) is 4.11. The predicted molar refractivity (Wildman–Crippen MR) is 107 cm³/mol. The molecule has 1 atom stereocenters. The smallest absolute Gasteiger partial charge is 0.244 e. The zero-order chi connectivity index (χ0) is 20.7. The van der Waals surface area contributed by atoms with Crippen molar-refractivity contribution < 1.29 is 22.3 Å². The number of sulfonamides is 1. The molecule has 152 valence electrons. The molecule has 0 unspecified atom stereocenters. The normalized spacial score (nSPS) is 12.3. The summed E-state index contributed by atoms with van der Waals surface area (Å²) in [4.78, 5) is 12.6. The number of aryl methyl sites for hydroxylation is 1. The first-order valence-corrected chi connectivity index (χ1v) is 10.8. The quantitative estimate of drug-likeness (QED) is 0.648. The van der Waals surface area contributed by atoms with Crippen LogP contribution in [0.15, 0.2) is 48.5 Å². The zero-order valence-corrected chi connectivity index (χ0v) is 17.0. The Balaban J connectivity index is 2.05. The van der Waals surface area contributed by atoms with Crippen LogP contribution in [-0.4, -0.2) is 39.8 Å². The summed E-state index contributed by atoms with van der Waals surface area (Å²) in [7, 11) is -3.87. The number of nitrogens with zero attached hydrogens (tertiary/aromatic N) is 1. The lowest BCUT2D eigenvalue weighted by Crippen LogP contribution is -2.50. The minimum absolute atomic E-state index is 0.150. The molecule has 0 fully saturated rings. The van der Waals surface area contributed by atoms with Gasteiger partial charge in [0, 0.05) is 0 Å². The van der Waals surface area contributed by atoms with E-state index in [9.17, 15) is 17.6 Å². The SMILES string of the molecule is CC[C@@H](C(=O)NCCOc1ccc(C)cc1)N(c1ccccc1F)S(C)(=O)=O. The lowest BCUT2D eigenvalue weighted by atomic mass is 10.2. The summed E-state index contributed by atoms with van der Waals surface area (Å²) in [6, 6.07) is 11.9.